The zero-order chi connectivity index (χ0) is 20.7. The molecule has 2 aromatic heterocycles. The van der Waals surface area contributed by atoms with Gasteiger partial charge in [-0.3, -0.25) is 4.98 Å². The van der Waals surface area contributed by atoms with Gasteiger partial charge < -0.3 is 25.0 Å². The van der Waals surface area contributed by atoms with Gasteiger partial charge in [-0.25, -0.2) is 4.79 Å². The Morgan fingerprint density at radius 2 is 2.10 bits per heavy atom. The molecule has 3 N–H and O–H groups in total. The third-order valence-electron chi connectivity index (χ3n) is 5.17. The normalized spacial score (nSPS) is 14.1. The summed E-state index contributed by atoms with van der Waals surface area (Å²) in [5, 5.41) is 12.6. The highest BCUT2D eigenvalue weighted by atomic mass is 35.5. The van der Waals surface area contributed by atoms with Gasteiger partial charge in [0.2, 0.25) is 5.88 Å². The highest BCUT2D eigenvalue weighted by Gasteiger charge is 2.24. The minimum absolute atomic E-state index is 0.0516. The van der Waals surface area contributed by atoms with Crippen molar-refractivity contribution in [2.75, 3.05) is 19.7 Å². The third kappa shape index (κ3) is 3.50. The third-order valence-corrected chi connectivity index (χ3v) is 5.71. The maximum absolute atomic E-state index is 11.7. The minimum Gasteiger partial charge on any atom is -0.494 e. The summed E-state index contributed by atoms with van der Waals surface area (Å²) in [6, 6.07) is 5.22. The van der Waals surface area contributed by atoms with Crippen molar-refractivity contribution in [2.24, 2.45) is 5.73 Å². The maximum Gasteiger partial charge on any atom is 0.410 e. The SMILES string of the molecule is Cc1nc2cn(CCN3CCOC3=O)c(O)c2c(-c2ccc(Cl)cc2Cl)c1CN. The number of carbonyl (C=O) groups excluding carboxylic acids is 1. The molecule has 3 heterocycles. The zero-order valence-electron chi connectivity index (χ0n) is 15.8. The molecule has 3 aromatic rings. The van der Waals surface area contributed by atoms with Gasteiger partial charge >= 0.3 is 6.09 Å². The molecule has 0 atom stereocenters. The Hall–Kier alpha value is -2.48. The van der Waals surface area contributed by atoms with E-state index in [4.69, 9.17) is 33.7 Å². The molecule has 0 spiro atoms. The van der Waals surface area contributed by atoms with Gasteiger partial charge in [0.05, 0.1) is 17.4 Å². The van der Waals surface area contributed by atoms with Gasteiger partial charge in [-0.2, -0.15) is 0 Å². The van der Waals surface area contributed by atoms with Gasteiger partial charge in [-0.05, 0) is 24.6 Å². The standard InChI is InChI=1S/C20H20Cl2N4O3/c1-11-14(9-23)17(13-3-2-12(21)8-15(13)22)18-16(24-11)10-26(19(18)27)5-4-25-6-7-29-20(25)28/h2-3,8,10,27H,4-7,9,23H2,1H3. The number of ether oxygens (including phenoxy) is 1. The molecule has 4 rings (SSSR count). The van der Waals surface area contributed by atoms with Gasteiger partial charge in [-0.15, -0.1) is 0 Å². The van der Waals surface area contributed by atoms with Crippen molar-refractivity contribution < 1.29 is 14.6 Å². The van der Waals surface area contributed by atoms with E-state index in [1.54, 1.807) is 27.8 Å². The van der Waals surface area contributed by atoms with Gasteiger partial charge in [0.15, 0.2) is 0 Å². The topological polar surface area (TPSA) is 93.6 Å². The number of aryl methyl sites for hydroxylation is 1. The first kappa shape index (κ1) is 19.8. The van der Waals surface area contributed by atoms with Crippen molar-refractivity contribution in [3.8, 4) is 17.0 Å². The van der Waals surface area contributed by atoms with E-state index in [-0.39, 0.29) is 18.5 Å². The number of benzene rings is 1. The van der Waals surface area contributed by atoms with Crippen LogP contribution < -0.4 is 5.73 Å². The summed E-state index contributed by atoms with van der Waals surface area (Å²) >= 11 is 12.5. The monoisotopic (exact) mass is 434 g/mol. The quantitative estimate of drug-likeness (QED) is 0.634. The molecule has 0 bridgehead atoms. The smallest absolute Gasteiger partial charge is 0.410 e. The molecule has 1 aromatic carbocycles. The van der Waals surface area contributed by atoms with Crippen LogP contribution in [0.15, 0.2) is 24.4 Å². The van der Waals surface area contributed by atoms with Crippen molar-refractivity contribution in [2.45, 2.75) is 20.0 Å². The zero-order valence-corrected chi connectivity index (χ0v) is 17.3. The summed E-state index contributed by atoms with van der Waals surface area (Å²) in [4.78, 5) is 17.9. The number of fused-ring (bicyclic) bond motifs is 1. The average Bonchev–Trinajstić information content (AvgIpc) is 3.22. The van der Waals surface area contributed by atoms with Crippen molar-refractivity contribution in [1.82, 2.24) is 14.5 Å². The van der Waals surface area contributed by atoms with Crippen LogP contribution in [0, 0.1) is 6.92 Å². The van der Waals surface area contributed by atoms with E-state index in [0.717, 1.165) is 22.4 Å². The van der Waals surface area contributed by atoms with E-state index < -0.39 is 0 Å². The van der Waals surface area contributed by atoms with Crippen LogP contribution in [0.4, 0.5) is 4.79 Å². The van der Waals surface area contributed by atoms with Crippen LogP contribution in [0.5, 0.6) is 5.88 Å². The Labute approximate surface area is 177 Å². The van der Waals surface area contributed by atoms with Crippen LogP contribution in [-0.4, -0.2) is 45.3 Å². The van der Waals surface area contributed by atoms with E-state index in [1.165, 1.54) is 0 Å². The summed E-state index contributed by atoms with van der Waals surface area (Å²) in [5.74, 6) is 0.0516. The molecule has 1 amide bonds. The van der Waals surface area contributed by atoms with Crippen LogP contribution >= 0.6 is 23.2 Å². The molecule has 1 aliphatic heterocycles. The lowest BCUT2D eigenvalue weighted by molar-refractivity contribution is 0.157. The average molecular weight is 435 g/mol. The Morgan fingerprint density at radius 1 is 1.31 bits per heavy atom. The summed E-state index contributed by atoms with van der Waals surface area (Å²) in [6.07, 6.45) is 1.43. The predicted octanol–water partition coefficient (Wildman–Crippen LogP) is 3.94. The Bertz CT molecular complexity index is 1110. The van der Waals surface area contributed by atoms with E-state index >= 15 is 0 Å². The molecule has 0 aliphatic carbocycles. The second-order valence-electron chi connectivity index (χ2n) is 6.89. The molecule has 0 saturated carbocycles. The highest BCUT2D eigenvalue weighted by molar-refractivity contribution is 6.36. The van der Waals surface area contributed by atoms with Crippen LogP contribution in [-0.2, 0) is 17.8 Å². The molecule has 1 fully saturated rings. The van der Waals surface area contributed by atoms with Gasteiger partial charge in [0, 0.05) is 52.7 Å². The molecule has 0 radical (unpaired) electrons. The first-order valence-corrected chi connectivity index (χ1v) is 9.94. The number of hydrogen-bond donors (Lipinski definition) is 2. The second kappa shape index (κ2) is 7.74. The fraction of sp³-hybridized carbons (Fsp3) is 0.300. The number of halogens is 2. The molecule has 29 heavy (non-hydrogen) atoms. The number of aromatic nitrogens is 2. The van der Waals surface area contributed by atoms with E-state index in [9.17, 15) is 9.90 Å². The molecule has 0 unspecified atom stereocenters. The van der Waals surface area contributed by atoms with Gasteiger partial charge in [0.1, 0.15) is 6.61 Å². The van der Waals surface area contributed by atoms with E-state index in [1.807, 2.05) is 13.0 Å². The summed E-state index contributed by atoms with van der Waals surface area (Å²) in [6.45, 7) is 3.88. The predicted molar refractivity (Wildman–Crippen MR) is 112 cm³/mol. The highest BCUT2D eigenvalue weighted by Crippen LogP contribution is 2.42. The molecule has 1 aliphatic rings. The number of rotatable bonds is 5. The van der Waals surface area contributed by atoms with Crippen molar-refractivity contribution >= 4 is 40.2 Å². The number of nitrogens with zero attached hydrogens (tertiary/aromatic N) is 3. The number of amides is 1. The van der Waals surface area contributed by atoms with Gasteiger partial charge in [0.25, 0.3) is 0 Å². The number of pyridine rings is 1. The lowest BCUT2D eigenvalue weighted by atomic mass is 9.95. The number of aromatic hydroxyl groups is 1. The van der Waals surface area contributed by atoms with Crippen LogP contribution in [0.25, 0.3) is 22.0 Å². The van der Waals surface area contributed by atoms with E-state index in [2.05, 4.69) is 4.98 Å². The number of cyclic esters (lactones) is 1. The summed E-state index contributed by atoms with van der Waals surface area (Å²) in [5.41, 5.74) is 9.68. The Balaban J connectivity index is 1.85. The molecule has 9 heteroatoms. The van der Waals surface area contributed by atoms with E-state index in [0.29, 0.717) is 47.2 Å². The fourth-order valence-corrected chi connectivity index (χ4v) is 4.21. The number of hydrogen-bond acceptors (Lipinski definition) is 5. The Morgan fingerprint density at radius 3 is 2.76 bits per heavy atom. The molecule has 7 nitrogen and oxygen atoms in total. The van der Waals surface area contributed by atoms with Crippen LogP contribution in [0.2, 0.25) is 10.0 Å². The molecule has 1 saturated heterocycles. The van der Waals surface area contributed by atoms with Crippen LogP contribution in [0.1, 0.15) is 11.3 Å². The lowest BCUT2D eigenvalue weighted by Gasteiger charge is -2.15. The van der Waals surface area contributed by atoms with Crippen molar-refractivity contribution in [1.29, 1.82) is 0 Å². The first-order chi connectivity index (χ1) is 13.9. The molecular weight excluding hydrogens is 415 g/mol. The molecule has 152 valence electrons. The largest absolute Gasteiger partial charge is 0.494 e. The van der Waals surface area contributed by atoms with Crippen molar-refractivity contribution in [3.63, 3.8) is 0 Å². The van der Waals surface area contributed by atoms with Crippen molar-refractivity contribution in [3.05, 3.63) is 45.7 Å². The summed E-state index contributed by atoms with van der Waals surface area (Å²) in [7, 11) is 0. The minimum atomic E-state index is -0.339. The first-order valence-electron chi connectivity index (χ1n) is 9.19. The van der Waals surface area contributed by atoms with Crippen LogP contribution in [0.3, 0.4) is 0 Å². The fourth-order valence-electron chi connectivity index (χ4n) is 3.70. The maximum atomic E-state index is 11.7. The summed E-state index contributed by atoms with van der Waals surface area (Å²) < 4.78 is 6.63. The Kier molecular flexibility index (Phi) is 5.29. The number of nitrogens with two attached hydrogens (primary N) is 1. The number of carbonyl (C=O) groups is 1. The molecular formula is C20H20Cl2N4O3. The van der Waals surface area contributed by atoms with Gasteiger partial charge in [-0.1, -0.05) is 29.3 Å². The lowest BCUT2D eigenvalue weighted by Crippen LogP contribution is -2.27. The second-order valence-corrected chi connectivity index (χ2v) is 7.73.